The van der Waals surface area contributed by atoms with Gasteiger partial charge in [-0.3, -0.25) is 24.4 Å². The molecule has 0 unspecified atom stereocenters. The summed E-state index contributed by atoms with van der Waals surface area (Å²) in [4.78, 5) is 52.1. The van der Waals surface area contributed by atoms with E-state index in [1.807, 2.05) is 0 Å². The number of nitrogens with two attached hydrogens (primary N) is 1. The average molecular weight is 443 g/mol. The SMILES string of the molecule is CC(=O)NC[C@H]1CN(c2ccc(-n3cnc(C(=O)n4[nH]c(=O)cc4N)c3)c(F)c2)C(=O)O1. The van der Waals surface area contributed by atoms with Gasteiger partial charge in [-0.2, -0.15) is 4.68 Å². The zero-order chi connectivity index (χ0) is 23.0. The summed E-state index contributed by atoms with van der Waals surface area (Å²) in [6, 6.07) is 5.14. The molecule has 4 N–H and O–H groups in total. The molecular formula is C19H18FN7O5. The van der Waals surface area contributed by atoms with Gasteiger partial charge < -0.3 is 20.4 Å². The smallest absolute Gasteiger partial charge is 0.414 e. The van der Waals surface area contributed by atoms with Gasteiger partial charge >= 0.3 is 6.09 Å². The highest BCUT2D eigenvalue weighted by atomic mass is 19.1. The molecule has 0 spiro atoms. The van der Waals surface area contributed by atoms with Gasteiger partial charge in [0.05, 0.1) is 24.5 Å². The van der Waals surface area contributed by atoms with E-state index in [-0.39, 0.29) is 41.9 Å². The lowest BCUT2D eigenvalue weighted by molar-refractivity contribution is -0.119. The summed E-state index contributed by atoms with van der Waals surface area (Å²) in [5, 5.41) is 4.82. The lowest BCUT2D eigenvalue weighted by Gasteiger charge is -2.14. The Morgan fingerprint density at radius 2 is 2.12 bits per heavy atom. The maximum Gasteiger partial charge on any atom is 0.414 e. The highest BCUT2D eigenvalue weighted by Gasteiger charge is 2.32. The number of ether oxygens (including phenoxy) is 1. The number of anilines is 2. The van der Waals surface area contributed by atoms with Gasteiger partial charge in [0.2, 0.25) is 5.91 Å². The summed E-state index contributed by atoms with van der Waals surface area (Å²) in [6.45, 7) is 1.66. The molecule has 0 radical (unpaired) electrons. The van der Waals surface area contributed by atoms with E-state index in [2.05, 4.69) is 15.4 Å². The standard InChI is InChI=1S/C19H18FN7O5/c1-10(28)22-6-12-7-26(19(31)32-12)11-2-3-15(13(20)4-11)25-8-14(23-9-25)18(30)27-16(21)5-17(29)24-27/h2-5,8-9,12H,6-7,21H2,1H3,(H,22,28)(H,24,29)/t12-/m0/s1. The number of nitrogen functional groups attached to an aromatic ring is 1. The summed E-state index contributed by atoms with van der Waals surface area (Å²) >= 11 is 0. The quantitative estimate of drug-likeness (QED) is 0.509. The van der Waals surface area contributed by atoms with Crippen LogP contribution in [0.15, 0.2) is 41.6 Å². The fourth-order valence-electron chi connectivity index (χ4n) is 3.22. The van der Waals surface area contributed by atoms with Crippen LogP contribution in [0.2, 0.25) is 0 Å². The molecule has 12 nitrogen and oxygen atoms in total. The van der Waals surface area contributed by atoms with E-state index >= 15 is 0 Å². The van der Waals surface area contributed by atoms with Crippen LogP contribution in [0.1, 0.15) is 17.4 Å². The molecule has 1 aliphatic heterocycles. The van der Waals surface area contributed by atoms with E-state index in [9.17, 15) is 23.6 Å². The van der Waals surface area contributed by atoms with Crippen molar-refractivity contribution in [1.29, 1.82) is 0 Å². The number of cyclic esters (lactones) is 1. The first kappa shape index (κ1) is 20.8. The van der Waals surface area contributed by atoms with Crippen molar-refractivity contribution in [3.63, 3.8) is 0 Å². The molecule has 166 valence electrons. The molecule has 32 heavy (non-hydrogen) atoms. The molecule has 2 amide bonds. The Morgan fingerprint density at radius 1 is 1.34 bits per heavy atom. The maximum atomic E-state index is 14.8. The second-order valence-electron chi connectivity index (χ2n) is 7.04. The van der Waals surface area contributed by atoms with E-state index in [4.69, 9.17) is 10.5 Å². The number of carbonyl (C=O) groups is 3. The Morgan fingerprint density at radius 3 is 2.78 bits per heavy atom. The van der Waals surface area contributed by atoms with Gasteiger partial charge in [-0.05, 0) is 18.2 Å². The number of carbonyl (C=O) groups excluding carboxylic acids is 3. The summed E-state index contributed by atoms with van der Waals surface area (Å²) in [6.07, 6.45) is 1.31. The number of hydrogen-bond donors (Lipinski definition) is 3. The van der Waals surface area contributed by atoms with Gasteiger partial charge in [-0.15, -0.1) is 0 Å². The molecule has 1 fully saturated rings. The Labute approximate surface area is 179 Å². The van der Waals surface area contributed by atoms with Crippen molar-refractivity contribution in [2.75, 3.05) is 23.7 Å². The topological polar surface area (TPSA) is 157 Å². The van der Waals surface area contributed by atoms with E-state index < -0.39 is 29.5 Å². The molecule has 4 rings (SSSR count). The zero-order valence-electron chi connectivity index (χ0n) is 16.7. The molecule has 1 aliphatic rings. The first-order valence-corrected chi connectivity index (χ1v) is 9.41. The molecular weight excluding hydrogens is 425 g/mol. The Balaban J connectivity index is 1.53. The van der Waals surface area contributed by atoms with Crippen LogP contribution in [-0.2, 0) is 9.53 Å². The predicted octanol–water partition coefficient (Wildman–Crippen LogP) is 0.233. The normalized spacial score (nSPS) is 15.6. The monoisotopic (exact) mass is 443 g/mol. The number of aromatic nitrogens is 4. The lowest BCUT2D eigenvalue weighted by atomic mass is 10.2. The van der Waals surface area contributed by atoms with Gasteiger partial charge in [0.1, 0.15) is 29.8 Å². The van der Waals surface area contributed by atoms with Gasteiger partial charge in [0, 0.05) is 19.2 Å². The van der Waals surface area contributed by atoms with Crippen LogP contribution < -0.4 is 21.5 Å². The van der Waals surface area contributed by atoms with Crippen LogP contribution in [0.3, 0.4) is 0 Å². The summed E-state index contributed by atoms with van der Waals surface area (Å²) < 4.78 is 22.1. The third kappa shape index (κ3) is 3.95. The molecule has 3 heterocycles. The number of benzene rings is 1. The average Bonchev–Trinajstić information content (AvgIpc) is 3.44. The van der Waals surface area contributed by atoms with Gasteiger partial charge in [-0.25, -0.2) is 14.2 Å². The fraction of sp³-hybridized carbons (Fsp3) is 0.211. The number of hydrogen-bond acceptors (Lipinski definition) is 7. The molecule has 0 aliphatic carbocycles. The van der Waals surface area contributed by atoms with Crippen molar-refractivity contribution in [2.45, 2.75) is 13.0 Å². The van der Waals surface area contributed by atoms with Crippen LogP contribution in [0, 0.1) is 5.82 Å². The first-order valence-electron chi connectivity index (χ1n) is 9.41. The molecule has 1 atom stereocenters. The zero-order valence-corrected chi connectivity index (χ0v) is 16.7. The fourth-order valence-corrected chi connectivity index (χ4v) is 3.22. The number of amides is 2. The van der Waals surface area contributed by atoms with E-state index in [1.54, 1.807) is 0 Å². The Hall–Kier alpha value is -4.42. The molecule has 1 saturated heterocycles. The number of aromatic amines is 1. The predicted molar refractivity (Wildman–Crippen MR) is 109 cm³/mol. The molecule has 1 aromatic carbocycles. The van der Waals surface area contributed by atoms with Crippen LogP contribution in [0.5, 0.6) is 0 Å². The third-order valence-electron chi connectivity index (χ3n) is 4.74. The van der Waals surface area contributed by atoms with Crippen molar-refractivity contribution in [2.24, 2.45) is 0 Å². The van der Waals surface area contributed by atoms with Crippen LogP contribution in [0.25, 0.3) is 5.69 Å². The summed E-state index contributed by atoms with van der Waals surface area (Å²) in [5.41, 5.74) is 5.34. The molecule has 3 aromatic rings. The number of rotatable bonds is 5. The largest absolute Gasteiger partial charge is 0.442 e. The summed E-state index contributed by atoms with van der Waals surface area (Å²) in [7, 11) is 0. The van der Waals surface area contributed by atoms with Crippen molar-refractivity contribution < 1.29 is 23.5 Å². The molecule has 0 bridgehead atoms. The minimum absolute atomic E-state index is 0.0732. The van der Waals surface area contributed by atoms with Crippen molar-refractivity contribution in [3.05, 3.63) is 58.7 Å². The minimum atomic E-state index is -0.689. The second kappa shape index (κ2) is 8.02. The van der Waals surface area contributed by atoms with Gasteiger partial charge in [0.15, 0.2) is 0 Å². The van der Waals surface area contributed by atoms with Crippen molar-refractivity contribution in [3.8, 4) is 5.69 Å². The Kier molecular flexibility index (Phi) is 5.22. The van der Waals surface area contributed by atoms with Crippen molar-refractivity contribution in [1.82, 2.24) is 24.6 Å². The molecule has 2 aromatic heterocycles. The molecule has 0 saturated carbocycles. The number of nitrogens with one attached hydrogen (secondary N) is 2. The number of halogens is 1. The van der Waals surface area contributed by atoms with E-state index in [0.717, 1.165) is 16.8 Å². The van der Waals surface area contributed by atoms with Crippen LogP contribution >= 0.6 is 0 Å². The van der Waals surface area contributed by atoms with Crippen LogP contribution in [-0.4, -0.2) is 56.4 Å². The van der Waals surface area contributed by atoms with E-state index in [0.29, 0.717) is 0 Å². The summed E-state index contributed by atoms with van der Waals surface area (Å²) in [5.74, 6) is -1.70. The highest BCUT2D eigenvalue weighted by molar-refractivity contribution is 5.95. The highest BCUT2D eigenvalue weighted by Crippen LogP contribution is 2.25. The molecule has 13 heteroatoms. The van der Waals surface area contributed by atoms with Crippen molar-refractivity contribution >= 4 is 29.4 Å². The maximum absolute atomic E-state index is 14.8. The van der Waals surface area contributed by atoms with Crippen LogP contribution in [0.4, 0.5) is 20.7 Å². The number of nitrogens with zero attached hydrogens (tertiary/aromatic N) is 4. The van der Waals surface area contributed by atoms with Gasteiger partial charge in [0.25, 0.3) is 11.5 Å². The van der Waals surface area contributed by atoms with E-state index in [1.165, 1.54) is 41.0 Å². The minimum Gasteiger partial charge on any atom is -0.442 e. The second-order valence-corrected chi connectivity index (χ2v) is 7.04. The first-order chi connectivity index (χ1) is 15.2. The Bertz CT molecular complexity index is 1280. The lowest BCUT2D eigenvalue weighted by Crippen LogP contribution is -2.33. The number of H-pyrrole nitrogens is 1. The number of imidazole rings is 1. The third-order valence-corrected chi connectivity index (χ3v) is 4.74. The van der Waals surface area contributed by atoms with Gasteiger partial charge in [-0.1, -0.05) is 0 Å².